The first-order valence-electron chi connectivity index (χ1n) is 8.44. The molecule has 0 radical (unpaired) electrons. The van der Waals surface area contributed by atoms with Crippen LogP contribution in [0.1, 0.15) is 24.0 Å². The fourth-order valence-electron chi connectivity index (χ4n) is 3.00. The third kappa shape index (κ3) is 4.92. The maximum atomic E-state index is 11.7. The van der Waals surface area contributed by atoms with Gasteiger partial charge in [0, 0.05) is 29.2 Å². The molecule has 0 saturated heterocycles. The average Bonchev–Trinajstić information content (AvgIpc) is 3.05. The summed E-state index contributed by atoms with van der Waals surface area (Å²) < 4.78 is 27.3. The number of fused-ring (bicyclic) bond motifs is 1. The summed E-state index contributed by atoms with van der Waals surface area (Å²) in [6.45, 7) is 0. The van der Waals surface area contributed by atoms with Gasteiger partial charge >= 0.3 is 0 Å². The molecule has 3 aromatic rings. The zero-order valence-electron chi connectivity index (χ0n) is 14.6. The minimum Gasteiger partial charge on any atom is -0.399 e. The Kier molecular flexibility index (Phi) is 5.37. The number of aromatic amines is 1. The quantitative estimate of drug-likeness (QED) is 0.493. The zero-order chi connectivity index (χ0) is 18.6. The number of aryl methyl sites for hydroxylation is 2. The van der Waals surface area contributed by atoms with Crippen molar-refractivity contribution in [1.29, 1.82) is 0 Å². The predicted octanol–water partition coefficient (Wildman–Crippen LogP) is 3.11. The highest BCUT2D eigenvalue weighted by molar-refractivity contribution is 7.89. The number of rotatable bonds is 7. The Bertz CT molecular complexity index is 1040. The molecule has 0 fully saturated rings. The third-order valence-electron chi connectivity index (χ3n) is 4.18. The van der Waals surface area contributed by atoms with Crippen molar-refractivity contribution in [2.24, 2.45) is 4.40 Å². The number of anilines is 1. The largest absolute Gasteiger partial charge is 0.399 e. The number of nitrogens with two attached hydrogens (primary N) is 1. The average molecular weight is 370 g/mol. The van der Waals surface area contributed by atoms with E-state index in [0.717, 1.165) is 28.4 Å². The van der Waals surface area contributed by atoms with Crippen molar-refractivity contribution in [1.82, 2.24) is 9.97 Å². The highest BCUT2D eigenvalue weighted by atomic mass is 32.2. The summed E-state index contributed by atoms with van der Waals surface area (Å²) in [5.41, 5.74) is 10.2. The van der Waals surface area contributed by atoms with Crippen molar-refractivity contribution in [3.8, 4) is 0 Å². The van der Waals surface area contributed by atoms with E-state index in [-0.39, 0.29) is 0 Å². The summed E-state index contributed by atoms with van der Waals surface area (Å²) >= 11 is 0. The van der Waals surface area contributed by atoms with E-state index in [0.29, 0.717) is 37.1 Å². The monoisotopic (exact) mass is 370 g/mol. The molecule has 136 valence electrons. The van der Waals surface area contributed by atoms with Gasteiger partial charge in [-0.2, -0.15) is 4.40 Å². The number of nitrogens with zero attached hydrogens (tertiary/aromatic N) is 2. The molecule has 1 aromatic carbocycles. The van der Waals surface area contributed by atoms with Gasteiger partial charge in [-0.05, 0) is 61.1 Å². The number of H-pyrrole nitrogens is 1. The van der Waals surface area contributed by atoms with Crippen LogP contribution in [0.5, 0.6) is 0 Å². The van der Waals surface area contributed by atoms with Crippen LogP contribution < -0.4 is 5.73 Å². The number of nitrogen functional groups attached to an aromatic ring is 1. The molecule has 26 heavy (non-hydrogen) atoms. The molecule has 0 aliphatic carbocycles. The summed E-state index contributed by atoms with van der Waals surface area (Å²) in [4.78, 5) is 7.37. The number of benzene rings is 1. The molecule has 2 heterocycles. The molecule has 0 atom stereocenters. The summed E-state index contributed by atoms with van der Waals surface area (Å²) in [7, 11) is -3.43. The highest BCUT2D eigenvalue weighted by Gasteiger charge is 2.09. The molecular weight excluding hydrogens is 348 g/mol. The Balaban J connectivity index is 1.74. The van der Waals surface area contributed by atoms with E-state index in [1.165, 1.54) is 0 Å². The Morgan fingerprint density at radius 2 is 2.00 bits per heavy atom. The van der Waals surface area contributed by atoms with Gasteiger partial charge in [0.15, 0.2) is 0 Å². The summed E-state index contributed by atoms with van der Waals surface area (Å²) in [6.07, 6.45) is 7.32. The SMILES string of the molecule is CS(=O)(=O)N=C(CCc1cccc(N)c1)CCc1ccnc2[nH]ccc12. The van der Waals surface area contributed by atoms with Crippen LogP contribution in [0.3, 0.4) is 0 Å². The summed E-state index contributed by atoms with van der Waals surface area (Å²) in [5.74, 6) is 0. The standard InChI is InChI=1S/C19H22N4O2S/c1-26(24,25)23-17(7-5-14-3-2-4-16(20)13-14)8-6-15-9-11-21-19-18(15)10-12-22-19/h2-4,9-13H,5-8,20H2,1H3,(H,21,22). The predicted molar refractivity (Wildman–Crippen MR) is 106 cm³/mol. The number of nitrogens with one attached hydrogen (secondary N) is 1. The Morgan fingerprint density at radius 1 is 1.19 bits per heavy atom. The van der Waals surface area contributed by atoms with Crippen LogP contribution >= 0.6 is 0 Å². The van der Waals surface area contributed by atoms with Gasteiger partial charge in [-0.15, -0.1) is 0 Å². The first kappa shape index (κ1) is 18.1. The zero-order valence-corrected chi connectivity index (χ0v) is 15.5. The van der Waals surface area contributed by atoms with Crippen LogP contribution in [-0.2, 0) is 22.9 Å². The van der Waals surface area contributed by atoms with Crippen molar-refractivity contribution in [3.05, 3.63) is 59.9 Å². The molecule has 2 aromatic heterocycles. The second-order valence-corrected chi connectivity index (χ2v) is 7.99. The highest BCUT2D eigenvalue weighted by Crippen LogP contribution is 2.18. The van der Waals surface area contributed by atoms with E-state index in [4.69, 9.17) is 5.73 Å². The molecule has 3 N–H and O–H groups in total. The van der Waals surface area contributed by atoms with E-state index >= 15 is 0 Å². The molecule has 7 heteroatoms. The molecule has 0 saturated carbocycles. The molecule has 3 rings (SSSR count). The second kappa shape index (κ2) is 7.70. The first-order chi connectivity index (χ1) is 12.4. The first-order valence-corrected chi connectivity index (χ1v) is 10.3. The molecule has 0 unspecified atom stereocenters. The van der Waals surface area contributed by atoms with E-state index in [1.54, 1.807) is 6.20 Å². The number of hydrogen-bond donors (Lipinski definition) is 2. The lowest BCUT2D eigenvalue weighted by Crippen LogP contribution is -2.07. The molecule has 0 amide bonds. The molecule has 0 spiro atoms. The van der Waals surface area contributed by atoms with E-state index < -0.39 is 10.0 Å². The van der Waals surface area contributed by atoms with E-state index in [9.17, 15) is 8.42 Å². The smallest absolute Gasteiger partial charge is 0.250 e. The van der Waals surface area contributed by atoms with Gasteiger partial charge < -0.3 is 10.7 Å². The summed E-state index contributed by atoms with van der Waals surface area (Å²) in [6, 6.07) is 11.6. The Hall–Kier alpha value is -2.67. The van der Waals surface area contributed by atoms with Crippen LogP contribution in [0, 0.1) is 0 Å². The number of pyridine rings is 1. The molecule has 0 aliphatic heterocycles. The fourth-order valence-corrected chi connectivity index (χ4v) is 3.65. The van der Waals surface area contributed by atoms with Crippen LogP contribution in [0.25, 0.3) is 11.0 Å². The van der Waals surface area contributed by atoms with Crippen molar-refractivity contribution < 1.29 is 8.42 Å². The van der Waals surface area contributed by atoms with Gasteiger partial charge in [0.2, 0.25) is 10.0 Å². The normalized spacial score (nSPS) is 12.6. The van der Waals surface area contributed by atoms with Crippen molar-refractivity contribution in [3.63, 3.8) is 0 Å². The van der Waals surface area contributed by atoms with Crippen LogP contribution in [0.2, 0.25) is 0 Å². The lowest BCUT2D eigenvalue weighted by atomic mass is 10.0. The topological polar surface area (TPSA) is 101 Å². The summed E-state index contributed by atoms with van der Waals surface area (Å²) in [5, 5.41) is 1.06. The lowest BCUT2D eigenvalue weighted by Gasteiger charge is -2.08. The number of hydrogen-bond acceptors (Lipinski definition) is 4. The minimum absolute atomic E-state index is 0.581. The van der Waals surface area contributed by atoms with E-state index in [2.05, 4.69) is 14.4 Å². The number of aromatic nitrogens is 2. The van der Waals surface area contributed by atoms with Gasteiger partial charge in [-0.25, -0.2) is 13.4 Å². The van der Waals surface area contributed by atoms with Gasteiger partial charge in [-0.3, -0.25) is 0 Å². The van der Waals surface area contributed by atoms with Gasteiger partial charge in [0.1, 0.15) is 5.65 Å². The van der Waals surface area contributed by atoms with Crippen molar-refractivity contribution >= 4 is 32.5 Å². The van der Waals surface area contributed by atoms with Crippen LogP contribution in [-0.4, -0.2) is 30.4 Å². The molecule has 0 aliphatic rings. The molecular formula is C19H22N4O2S. The van der Waals surface area contributed by atoms with Crippen LogP contribution in [0.15, 0.2) is 53.2 Å². The molecule has 0 bridgehead atoms. The van der Waals surface area contributed by atoms with Gasteiger partial charge in [0.25, 0.3) is 0 Å². The van der Waals surface area contributed by atoms with Gasteiger partial charge in [-0.1, -0.05) is 12.1 Å². The van der Waals surface area contributed by atoms with Gasteiger partial charge in [0.05, 0.1) is 6.26 Å². The van der Waals surface area contributed by atoms with Crippen LogP contribution in [0.4, 0.5) is 5.69 Å². The third-order valence-corrected chi connectivity index (χ3v) is 4.77. The Labute approximate surface area is 153 Å². The van der Waals surface area contributed by atoms with E-state index in [1.807, 2.05) is 42.6 Å². The maximum absolute atomic E-state index is 11.7. The molecule has 6 nitrogen and oxygen atoms in total. The second-order valence-electron chi connectivity index (χ2n) is 6.35. The fraction of sp³-hybridized carbons (Fsp3) is 0.263. The number of sulfonamides is 1. The maximum Gasteiger partial charge on any atom is 0.250 e. The van der Waals surface area contributed by atoms with Crippen molar-refractivity contribution in [2.45, 2.75) is 25.7 Å². The Morgan fingerprint density at radius 3 is 2.77 bits per heavy atom. The van der Waals surface area contributed by atoms with Crippen molar-refractivity contribution in [2.75, 3.05) is 12.0 Å². The lowest BCUT2D eigenvalue weighted by molar-refractivity contribution is 0.603. The minimum atomic E-state index is -3.43.